The fourth-order valence-corrected chi connectivity index (χ4v) is 3.73. The number of nitrogen functional groups attached to an aromatic ring is 1. The molecule has 3 nitrogen and oxygen atoms in total. The molecule has 19 heavy (non-hydrogen) atoms. The molecule has 0 radical (unpaired) electrons. The molecular formula is C15H18N2OS. The van der Waals surface area contributed by atoms with Gasteiger partial charge >= 0.3 is 0 Å². The fraction of sp³-hybridized carbons (Fsp3) is 0.400. The molecule has 3 rings (SSSR count). The average Bonchev–Trinajstić information content (AvgIpc) is 2.98. The third kappa shape index (κ3) is 2.32. The molecule has 0 spiro atoms. The van der Waals surface area contributed by atoms with Gasteiger partial charge < -0.3 is 11.1 Å². The van der Waals surface area contributed by atoms with Crippen LogP contribution in [0.5, 0.6) is 0 Å². The molecule has 0 atom stereocenters. The van der Waals surface area contributed by atoms with Crippen molar-refractivity contribution in [3.63, 3.8) is 0 Å². The molecule has 100 valence electrons. The van der Waals surface area contributed by atoms with Crippen molar-refractivity contribution in [1.29, 1.82) is 0 Å². The number of benzene rings is 1. The largest absolute Gasteiger partial charge is 0.397 e. The van der Waals surface area contributed by atoms with Gasteiger partial charge in [-0.1, -0.05) is 24.5 Å². The Balaban J connectivity index is 1.91. The summed E-state index contributed by atoms with van der Waals surface area (Å²) < 4.78 is 1.08. The summed E-state index contributed by atoms with van der Waals surface area (Å²) in [6.07, 6.45) is 4.61. The molecule has 0 aliphatic heterocycles. The van der Waals surface area contributed by atoms with Crippen LogP contribution in [0.2, 0.25) is 0 Å². The Morgan fingerprint density at radius 2 is 2.11 bits per heavy atom. The Bertz CT molecular complexity index is 626. The van der Waals surface area contributed by atoms with Crippen LogP contribution >= 0.6 is 11.3 Å². The quantitative estimate of drug-likeness (QED) is 0.881. The Labute approximate surface area is 116 Å². The number of amides is 1. The normalized spacial score (nSPS) is 16.1. The summed E-state index contributed by atoms with van der Waals surface area (Å²) in [6.45, 7) is 2.04. The lowest BCUT2D eigenvalue weighted by Gasteiger charge is -2.10. The van der Waals surface area contributed by atoms with Crippen LogP contribution in [0, 0.1) is 6.92 Å². The van der Waals surface area contributed by atoms with Crippen LogP contribution in [0.1, 0.15) is 40.9 Å². The van der Waals surface area contributed by atoms with Gasteiger partial charge in [0.05, 0.1) is 5.69 Å². The third-order valence-corrected chi connectivity index (χ3v) is 4.96. The number of carbonyl (C=O) groups is 1. The van der Waals surface area contributed by atoms with E-state index in [4.69, 9.17) is 5.73 Å². The number of nitrogens with two attached hydrogens (primary N) is 1. The van der Waals surface area contributed by atoms with Crippen molar-refractivity contribution in [2.24, 2.45) is 0 Å². The summed E-state index contributed by atoms with van der Waals surface area (Å²) in [5.41, 5.74) is 7.92. The number of rotatable bonds is 2. The van der Waals surface area contributed by atoms with Crippen LogP contribution in [0.3, 0.4) is 0 Å². The maximum absolute atomic E-state index is 12.3. The summed E-state index contributed by atoms with van der Waals surface area (Å²) in [6, 6.07) is 6.47. The number of hydrogen-bond donors (Lipinski definition) is 2. The van der Waals surface area contributed by atoms with Gasteiger partial charge in [-0.25, -0.2) is 0 Å². The molecule has 2 aromatic rings. The minimum absolute atomic E-state index is 0.0109. The monoisotopic (exact) mass is 274 g/mol. The minimum Gasteiger partial charge on any atom is -0.397 e. The Morgan fingerprint density at radius 3 is 2.84 bits per heavy atom. The fourth-order valence-electron chi connectivity index (χ4n) is 2.72. The van der Waals surface area contributed by atoms with Crippen LogP contribution in [0.25, 0.3) is 10.1 Å². The van der Waals surface area contributed by atoms with E-state index < -0.39 is 0 Å². The van der Waals surface area contributed by atoms with Crippen molar-refractivity contribution in [2.45, 2.75) is 38.6 Å². The van der Waals surface area contributed by atoms with Crippen LogP contribution in [-0.4, -0.2) is 11.9 Å². The maximum atomic E-state index is 12.3. The lowest BCUT2D eigenvalue weighted by atomic mass is 10.1. The highest BCUT2D eigenvalue weighted by atomic mass is 32.1. The van der Waals surface area contributed by atoms with Crippen LogP contribution in [0.15, 0.2) is 18.2 Å². The standard InChI is InChI=1S/C15H18N2OS/c1-9-6-7-12-11(8-9)13(16)14(19-12)15(18)17-10-4-2-3-5-10/h6-8,10H,2-5,16H2,1H3,(H,17,18). The number of aryl methyl sites for hydroxylation is 1. The molecule has 1 aromatic heterocycles. The molecule has 1 heterocycles. The van der Waals surface area contributed by atoms with E-state index in [1.807, 2.05) is 19.1 Å². The molecular weight excluding hydrogens is 256 g/mol. The van der Waals surface area contributed by atoms with E-state index in [-0.39, 0.29) is 5.91 Å². The van der Waals surface area contributed by atoms with Crippen LogP contribution < -0.4 is 11.1 Å². The first-order chi connectivity index (χ1) is 9.15. The average molecular weight is 274 g/mol. The molecule has 0 unspecified atom stereocenters. The van der Waals surface area contributed by atoms with E-state index in [2.05, 4.69) is 11.4 Å². The van der Waals surface area contributed by atoms with E-state index >= 15 is 0 Å². The lowest BCUT2D eigenvalue weighted by Crippen LogP contribution is -2.32. The first-order valence-corrected chi connectivity index (χ1v) is 7.56. The second-order valence-electron chi connectivity index (χ2n) is 5.30. The van der Waals surface area contributed by atoms with Crippen LogP contribution in [0.4, 0.5) is 5.69 Å². The predicted molar refractivity (Wildman–Crippen MR) is 80.7 cm³/mol. The summed E-state index contributed by atoms with van der Waals surface area (Å²) in [4.78, 5) is 13.0. The maximum Gasteiger partial charge on any atom is 0.263 e. The highest BCUT2D eigenvalue weighted by Crippen LogP contribution is 2.34. The van der Waals surface area contributed by atoms with Crippen molar-refractivity contribution in [2.75, 3.05) is 5.73 Å². The first kappa shape index (κ1) is 12.5. The number of fused-ring (bicyclic) bond motifs is 1. The number of hydrogen-bond acceptors (Lipinski definition) is 3. The first-order valence-electron chi connectivity index (χ1n) is 6.74. The van der Waals surface area contributed by atoms with Crippen molar-refractivity contribution >= 4 is 33.0 Å². The lowest BCUT2D eigenvalue weighted by molar-refractivity contribution is 0.0943. The third-order valence-electron chi connectivity index (χ3n) is 3.78. The highest BCUT2D eigenvalue weighted by Gasteiger charge is 2.21. The number of nitrogens with one attached hydrogen (secondary N) is 1. The van der Waals surface area contributed by atoms with Crippen molar-refractivity contribution in [3.8, 4) is 0 Å². The molecule has 1 saturated carbocycles. The molecule has 1 aromatic carbocycles. The van der Waals surface area contributed by atoms with Gasteiger partial charge in [-0.2, -0.15) is 0 Å². The number of carbonyl (C=O) groups excluding carboxylic acids is 1. The number of anilines is 1. The molecule has 1 fully saturated rings. The zero-order valence-electron chi connectivity index (χ0n) is 11.0. The van der Waals surface area contributed by atoms with Gasteiger partial charge in [-0.05, 0) is 31.9 Å². The van der Waals surface area contributed by atoms with Crippen molar-refractivity contribution in [1.82, 2.24) is 5.32 Å². The van der Waals surface area contributed by atoms with Crippen molar-refractivity contribution < 1.29 is 4.79 Å². The minimum atomic E-state index is -0.0109. The zero-order valence-corrected chi connectivity index (χ0v) is 11.8. The SMILES string of the molecule is Cc1ccc2sc(C(=O)NC3CCCC3)c(N)c2c1. The topological polar surface area (TPSA) is 55.1 Å². The molecule has 4 heteroatoms. The van der Waals surface area contributed by atoms with Gasteiger partial charge in [0.15, 0.2) is 0 Å². The van der Waals surface area contributed by atoms with Gasteiger partial charge in [0.25, 0.3) is 5.91 Å². The smallest absolute Gasteiger partial charge is 0.263 e. The highest BCUT2D eigenvalue weighted by molar-refractivity contribution is 7.21. The van der Waals surface area contributed by atoms with Gasteiger partial charge in [0.2, 0.25) is 0 Å². The molecule has 1 aliphatic rings. The zero-order chi connectivity index (χ0) is 13.4. The molecule has 1 aliphatic carbocycles. The van der Waals surface area contributed by atoms with Crippen LogP contribution in [-0.2, 0) is 0 Å². The Kier molecular flexibility index (Phi) is 3.19. The van der Waals surface area contributed by atoms with Crippen molar-refractivity contribution in [3.05, 3.63) is 28.6 Å². The van der Waals surface area contributed by atoms with E-state index in [9.17, 15) is 4.79 Å². The van der Waals surface area contributed by atoms with E-state index in [1.165, 1.54) is 29.7 Å². The number of thiophene rings is 1. The van der Waals surface area contributed by atoms with Gasteiger partial charge in [0.1, 0.15) is 4.88 Å². The molecule has 1 amide bonds. The van der Waals surface area contributed by atoms with E-state index in [0.29, 0.717) is 16.6 Å². The molecule has 3 N–H and O–H groups in total. The second kappa shape index (κ2) is 4.85. The van der Waals surface area contributed by atoms with E-state index in [0.717, 1.165) is 22.9 Å². The molecule has 0 saturated heterocycles. The summed E-state index contributed by atoms with van der Waals surface area (Å²) in [5.74, 6) is -0.0109. The Hall–Kier alpha value is -1.55. The van der Waals surface area contributed by atoms with Gasteiger partial charge in [-0.3, -0.25) is 4.79 Å². The Morgan fingerprint density at radius 1 is 1.37 bits per heavy atom. The summed E-state index contributed by atoms with van der Waals surface area (Å²) in [7, 11) is 0. The van der Waals surface area contributed by atoms with Gasteiger partial charge in [-0.15, -0.1) is 11.3 Å². The summed E-state index contributed by atoms with van der Waals surface area (Å²) in [5, 5.41) is 4.10. The molecule has 0 bridgehead atoms. The van der Waals surface area contributed by atoms with E-state index in [1.54, 1.807) is 0 Å². The van der Waals surface area contributed by atoms with Gasteiger partial charge in [0, 0.05) is 16.1 Å². The predicted octanol–water partition coefficient (Wildman–Crippen LogP) is 3.46. The summed E-state index contributed by atoms with van der Waals surface area (Å²) >= 11 is 1.49. The second-order valence-corrected chi connectivity index (χ2v) is 6.35.